The first kappa shape index (κ1) is 16.0. The van der Waals surface area contributed by atoms with Gasteiger partial charge in [-0.2, -0.15) is 0 Å². The van der Waals surface area contributed by atoms with Crippen LogP contribution in [0.3, 0.4) is 0 Å². The standard InChI is InChI=1S/C17H20ClFN2/c1-12(14-4-3-5-15(18)10-14)21(2)17(11-20)13-6-8-16(19)9-7-13/h3-10,12,17H,11,20H2,1-2H3. The van der Waals surface area contributed by atoms with Crippen molar-refractivity contribution in [1.82, 2.24) is 4.90 Å². The van der Waals surface area contributed by atoms with Gasteiger partial charge in [0.25, 0.3) is 0 Å². The molecule has 0 aromatic heterocycles. The summed E-state index contributed by atoms with van der Waals surface area (Å²) in [5.41, 5.74) is 8.07. The summed E-state index contributed by atoms with van der Waals surface area (Å²) < 4.78 is 13.1. The van der Waals surface area contributed by atoms with Crippen LogP contribution < -0.4 is 5.73 Å². The minimum absolute atomic E-state index is 0.0274. The molecule has 112 valence electrons. The average molecular weight is 307 g/mol. The maximum Gasteiger partial charge on any atom is 0.123 e. The third kappa shape index (κ3) is 3.82. The fourth-order valence-corrected chi connectivity index (χ4v) is 2.69. The van der Waals surface area contributed by atoms with E-state index in [0.717, 1.165) is 16.1 Å². The van der Waals surface area contributed by atoms with Crippen molar-refractivity contribution in [1.29, 1.82) is 0 Å². The molecule has 0 fully saturated rings. The van der Waals surface area contributed by atoms with E-state index in [9.17, 15) is 4.39 Å². The lowest BCUT2D eigenvalue weighted by atomic mass is 10.0. The van der Waals surface area contributed by atoms with Gasteiger partial charge in [-0.05, 0) is 49.4 Å². The highest BCUT2D eigenvalue weighted by Gasteiger charge is 2.21. The van der Waals surface area contributed by atoms with Crippen molar-refractivity contribution in [2.24, 2.45) is 5.73 Å². The molecule has 2 aromatic carbocycles. The molecule has 0 bridgehead atoms. The average Bonchev–Trinajstić information content (AvgIpc) is 2.49. The smallest absolute Gasteiger partial charge is 0.123 e. The van der Waals surface area contributed by atoms with Crippen LogP contribution in [0.2, 0.25) is 5.02 Å². The van der Waals surface area contributed by atoms with Crippen LogP contribution in [0.25, 0.3) is 0 Å². The fourth-order valence-electron chi connectivity index (χ4n) is 2.49. The van der Waals surface area contributed by atoms with E-state index >= 15 is 0 Å². The van der Waals surface area contributed by atoms with Crippen LogP contribution in [-0.4, -0.2) is 18.5 Å². The van der Waals surface area contributed by atoms with E-state index in [1.165, 1.54) is 12.1 Å². The lowest BCUT2D eigenvalue weighted by Crippen LogP contribution is -2.32. The Morgan fingerprint density at radius 2 is 1.81 bits per heavy atom. The van der Waals surface area contributed by atoms with Gasteiger partial charge in [0.05, 0.1) is 0 Å². The second kappa shape index (κ2) is 7.03. The zero-order valence-electron chi connectivity index (χ0n) is 12.3. The minimum atomic E-state index is -0.236. The molecule has 0 aliphatic carbocycles. The molecule has 2 rings (SSSR count). The molecule has 0 aliphatic heterocycles. The van der Waals surface area contributed by atoms with E-state index < -0.39 is 0 Å². The maximum absolute atomic E-state index is 13.1. The molecule has 0 spiro atoms. The number of hydrogen-bond acceptors (Lipinski definition) is 2. The zero-order chi connectivity index (χ0) is 15.4. The van der Waals surface area contributed by atoms with E-state index in [0.29, 0.717) is 6.54 Å². The Morgan fingerprint density at radius 1 is 1.14 bits per heavy atom. The van der Waals surface area contributed by atoms with Crippen LogP contribution in [0.15, 0.2) is 48.5 Å². The lowest BCUT2D eigenvalue weighted by molar-refractivity contribution is 0.190. The molecular weight excluding hydrogens is 287 g/mol. The molecule has 0 amide bonds. The van der Waals surface area contributed by atoms with Gasteiger partial charge in [0.2, 0.25) is 0 Å². The Balaban J connectivity index is 2.23. The Hall–Kier alpha value is -1.42. The van der Waals surface area contributed by atoms with E-state index in [1.807, 2.05) is 31.3 Å². The topological polar surface area (TPSA) is 29.3 Å². The van der Waals surface area contributed by atoms with Gasteiger partial charge in [-0.1, -0.05) is 35.9 Å². The predicted octanol–water partition coefficient (Wildman–Crippen LogP) is 4.17. The molecule has 21 heavy (non-hydrogen) atoms. The normalized spacial score (nSPS) is 14.2. The summed E-state index contributed by atoms with van der Waals surface area (Å²) in [5.74, 6) is -0.236. The van der Waals surface area contributed by atoms with Crippen molar-refractivity contribution in [3.05, 3.63) is 70.5 Å². The first-order chi connectivity index (χ1) is 10.0. The van der Waals surface area contributed by atoms with Crippen molar-refractivity contribution in [3.63, 3.8) is 0 Å². The maximum atomic E-state index is 13.1. The minimum Gasteiger partial charge on any atom is -0.329 e. The number of rotatable bonds is 5. The van der Waals surface area contributed by atoms with Gasteiger partial charge >= 0.3 is 0 Å². The summed E-state index contributed by atoms with van der Waals surface area (Å²) in [7, 11) is 2.02. The Morgan fingerprint density at radius 3 is 2.38 bits per heavy atom. The highest BCUT2D eigenvalue weighted by Crippen LogP contribution is 2.29. The lowest BCUT2D eigenvalue weighted by Gasteiger charge is -2.33. The van der Waals surface area contributed by atoms with Gasteiger partial charge in [-0.15, -0.1) is 0 Å². The van der Waals surface area contributed by atoms with Gasteiger partial charge in [-0.25, -0.2) is 4.39 Å². The molecule has 2 atom stereocenters. The molecule has 2 nitrogen and oxygen atoms in total. The van der Waals surface area contributed by atoms with Crippen molar-refractivity contribution in [2.75, 3.05) is 13.6 Å². The number of nitrogens with two attached hydrogens (primary N) is 1. The molecule has 2 unspecified atom stereocenters. The van der Waals surface area contributed by atoms with Crippen LogP contribution in [0.5, 0.6) is 0 Å². The summed E-state index contributed by atoms with van der Waals surface area (Å²) in [5, 5.41) is 0.721. The number of benzene rings is 2. The van der Waals surface area contributed by atoms with E-state index in [4.69, 9.17) is 17.3 Å². The first-order valence-corrected chi connectivity index (χ1v) is 7.33. The summed E-state index contributed by atoms with van der Waals surface area (Å²) >= 11 is 6.06. The van der Waals surface area contributed by atoms with Crippen LogP contribution in [0.1, 0.15) is 30.1 Å². The van der Waals surface area contributed by atoms with Crippen LogP contribution in [0, 0.1) is 5.82 Å². The number of nitrogens with zero attached hydrogens (tertiary/aromatic N) is 1. The summed E-state index contributed by atoms with van der Waals surface area (Å²) in [6.07, 6.45) is 0. The predicted molar refractivity (Wildman–Crippen MR) is 85.8 cm³/mol. The van der Waals surface area contributed by atoms with Gasteiger partial charge in [0.1, 0.15) is 5.82 Å². The summed E-state index contributed by atoms with van der Waals surface area (Å²) in [6, 6.07) is 14.5. The van der Waals surface area contributed by atoms with Crippen LogP contribution in [0.4, 0.5) is 4.39 Å². The Labute approximate surface area is 130 Å². The highest BCUT2D eigenvalue weighted by atomic mass is 35.5. The van der Waals surface area contributed by atoms with E-state index in [2.05, 4.69) is 11.8 Å². The quantitative estimate of drug-likeness (QED) is 0.898. The summed E-state index contributed by atoms with van der Waals surface area (Å²) in [4.78, 5) is 2.18. The molecule has 0 radical (unpaired) electrons. The monoisotopic (exact) mass is 306 g/mol. The Bertz CT molecular complexity index is 586. The molecule has 0 heterocycles. The van der Waals surface area contributed by atoms with Crippen molar-refractivity contribution < 1.29 is 4.39 Å². The van der Waals surface area contributed by atoms with E-state index in [-0.39, 0.29) is 17.9 Å². The fraction of sp³-hybridized carbons (Fsp3) is 0.294. The summed E-state index contributed by atoms with van der Waals surface area (Å²) in [6.45, 7) is 2.57. The molecule has 0 aliphatic rings. The van der Waals surface area contributed by atoms with Crippen LogP contribution in [-0.2, 0) is 0 Å². The molecule has 0 saturated carbocycles. The van der Waals surface area contributed by atoms with E-state index in [1.54, 1.807) is 12.1 Å². The first-order valence-electron chi connectivity index (χ1n) is 6.96. The highest BCUT2D eigenvalue weighted by molar-refractivity contribution is 6.30. The second-order valence-corrected chi connectivity index (χ2v) is 5.64. The number of likely N-dealkylation sites (N-methyl/N-ethyl adjacent to an activating group) is 1. The SMILES string of the molecule is CC(c1cccc(Cl)c1)N(C)C(CN)c1ccc(F)cc1. The second-order valence-electron chi connectivity index (χ2n) is 5.20. The molecule has 4 heteroatoms. The molecule has 0 saturated heterocycles. The third-order valence-electron chi connectivity index (χ3n) is 3.91. The van der Waals surface area contributed by atoms with Crippen molar-refractivity contribution >= 4 is 11.6 Å². The van der Waals surface area contributed by atoms with Crippen LogP contribution >= 0.6 is 11.6 Å². The number of hydrogen-bond donors (Lipinski definition) is 1. The largest absolute Gasteiger partial charge is 0.329 e. The Kier molecular flexibility index (Phi) is 5.34. The van der Waals surface area contributed by atoms with Gasteiger partial charge in [-0.3, -0.25) is 4.90 Å². The third-order valence-corrected chi connectivity index (χ3v) is 4.15. The molecule has 2 aromatic rings. The number of halogens is 2. The van der Waals surface area contributed by atoms with Crippen molar-refractivity contribution in [3.8, 4) is 0 Å². The molecular formula is C17H20ClFN2. The van der Waals surface area contributed by atoms with Gasteiger partial charge < -0.3 is 5.73 Å². The molecule has 2 N–H and O–H groups in total. The van der Waals surface area contributed by atoms with Gasteiger partial charge in [0, 0.05) is 23.7 Å². The van der Waals surface area contributed by atoms with Gasteiger partial charge in [0.15, 0.2) is 0 Å². The van der Waals surface area contributed by atoms with Crippen molar-refractivity contribution in [2.45, 2.75) is 19.0 Å². The zero-order valence-corrected chi connectivity index (χ0v) is 13.0.